The van der Waals surface area contributed by atoms with Crippen LogP contribution < -0.4 is 10.6 Å². The second kappa shape index (κ2) is 14.2. The quantitative estimate of drug-likeness (QED) is 0.277. The molecule has 0 aliphatic carbocycles. The van der Waals surface area contributed by atoms with Crippen LogP contribution in [0.5, 0.6) is 0 Å². The first-order valence-electron chi connectivity index (χ1n) is 14.0. The summed E-state index contributed by atoms with van der Waals surface area (Å²) in [6, 6.07) is 17.2. The molecule has 1 unspecified atom stereocenters. The van der Waals surface area contributed by atoms with E-state index >= 15 is 0 Å². The van der Waals surface area contributed by atoms with Gasteiger partial charge in [-0.15, -0.1) is 0 Å². The Labute approximate surface area is 231 Å². The Morgan fingerprint density at radius 2 is 1.68 bits per heavy atom. The Kier molecular flexibility index (Phi) is 10.4. The molecule has 2 N–H and O–H groups in total. The summed E-state index contributed by atoms with van der Waals surface area (Å²) >= 11 is 1.74. The van der Waals surface area contributed by atoms with Crippen LogP contribution in [0.3, 0.4) is 0 Å². The van der Waals surface area contributed by atoms with E-state index in [1.807, 2.05) is 61.5 Å². The largest absolute Gasteiger partial charge is 0.340 e. The highest BCUT2D eigenvalue weighted by Gasteiger charge is 2.37. The number of hydrogen-bond acceptors (Lipinski definition) is 5. The summed E-state index contributed by atoms with van der Waals surface area (Å²) in [6.45, 7) is 4.98. The van der Waals surface area contributed by atoms with Gasteiger partial charge < -0.3 is 15.5 Å². The lowest BCUT2D eigenvalue weighted by Gasteiger charge is -2.41. The third kappa shape index (κ3) is 7.50. The number of aliphatic imine (C=N–C) groups is 1. The highest BCUT2D eigenvalue weighted by atomic mass is 32.2. The van der Waals surface area contributed by atoms with Crippen molar-refractivity contribution in [2.75, 3.05) is 22.9 Å². The zero-order chi connectivity index (χ0) is 26.7. The Hall–Kier alpha value is -3.06. The van der Waals surface area contributed by atoms with Gasteiger partial charge in [-0.25, -0.2) is 4.99 Å². The molecule has 1 atom stereocenters. The first-order valence-corrected chi connectivity index (χ1v) is 15.0. The Balaban J connectivity index is 1.48. The maximum Gasteiger partial charge on any atom is 0.255 e. The molecule has 2 aromatic rings. The zero-order valence-corrected chi connectivity index (χ0v) is 23.5. The number of carbonyl (C=O) groups is 2. The van der Waals surface area contributed by atoms with Crippen molar-refractivity contribution in [3.63, 3.8) is 0 Å². The predicted octanol–water partition coefficient (Wildman–Crippen LogP) is 7.53. The SMILES string of the molecule is CCCCCCCCCC(=O)Nc1cccc(C2C(C(=O)Nc3ccccc3)=C(C)N=C3SCCCN32)c1. The number of amides is 2. The lowest BCUT2D eigenvalue weighted by molar-refractivity contribution is -0.116. The molecular weight excluding hydrogens is 492 g/mol. The number of amidine groups is 1. The number of hydrogen-bond donors (Lipinski definition) is 2. The number of allylic oxidation sites excluding steroid dienone is 1. The van der Waals surface area contributed by atoms with Gasteiger partial charge in [-0.3, -0.25) is 9.59 Å². The van der Waals surface area contributed by atoms with Crippen LogP contribution in [-0.4, -0.2) is 34.2 Å². The maximum absolute atomic E-state index is 13.6. The van der Waals surface area contributed by atoms with Crippen LogP contribution in [-0.2, 0) is 9.59 Å². The molecule has 2 aromatic carbocycles. The minimum Gasteiger partial charge on any atom is -0.340 e. The normalized spacial score (nSPS) is 17.1. The minimum atomic E-state index is -0.265. The highest BCUT2D eigenvalue weighted by molar-refractivity contribution is 8.13. The van der Waals surface area contributed by atoms with E-state index in [0.717, 1.165) is 59.4 Å². The second-order valence-corrected chi connectivity index (χ2v) is 11.1. The number of rotatable bonds is 12. The number of carbonyl (C=O) groups excluding carboxylic acids is 2. The fourth-order valence-electron chi connectivity index (χ4n) is 5.08. The van der Waals surface area contributed by atoms with Gasteiger partial charge in [-0.05, 0) is 49.6 Å². The number of anilines is 2. The Morgan fingerprint density at radius 1 is 0.947 bits per heavy atom. The monoisotopic (exact) mass is 532 g/mol. The summed E-state index contributed by atoms with van der Waals surface area (Å²) in [6.07, 6.45) is 9.86. The summed E-state index contributed by atoms with van der Waals surface area (Å²) in [7, 11) is 0. The number of unbranched alkanes of at least 4 members (excludes halogenated alkanes) is 6. The van der Waals surface area contributed by atoms with Gasteiger partial charge >= 0.3 is 0 Å². The van der Waals surface area contributed by atoms with Crippen molar-refractivity contribution in [1.82, 2.24) is 4.90 Å². The van der Waals surface area contributed by atoms with Crippen molar-refractivity contribution < 1.29 is 9.59 Å². The predicted molar refractivity (Wildman–Crippen MR) is 159 cm³/mol. The number of benzene rings is 2. The summed E-state index contributed by atoms with van der Waals surface area (Å²) in [4.78, 5) is 33.3. The molecule has 2 aliphatic heterocycles. The molecule has 1 fully saturated rings. The van der Waals surface area contributed by atoms with Gasteiger partial charge in [-0.2, -0.15) is 0 Å². The molecule has 0 bridgehead atoms. The first kappa shape index (κ1) is 28.0. The van der Waals surface area contributed by atoms with E-state index in [1.54, 1.807) is 11.8 Å². The standard InChI is InChI=1S/C31H40N4O2S/c1-3-4-5-6-7-8-12-19-27(36)33-26-18-13-15-24(22-26)29-28(30(37)34-25-16-10-9-11-17-25)23(2)32-31-35(29)20-14-21-38-31/h9-11,13,15-18,22,29H,3-8,12,14,19-21H2,1-2H3,(H,33,36)(H,34,37). The molecule has 2 heterocycles. The molecule has 2 aliphatic rings. The van der Waals surface area contributed by atoms with E-state index in [2.05, 4.69) is 22.5 Å². The average molecular weight is 533 g/mol. The molecule has 2 amide bonds. The molecule has 0 saturated carbocycles. The summed E-state index contributed by atoms with van der Waals surface area (Å²) < 4.78 is 0. The van der Waals surface area contributed by atoms with E-state index in [1.165, 1.54) is 32.1 Å². The number of nitrogens with zero attached hydrogens (tertiary/aromatic N) is 2. The Bertz CT molecular complexity index is 1160. The number of fused-ring (bicyclic) bond motifs is 1. The fourth-order valence-corrected chi connectivity index (χ4v) is 6.10. The molecule has 202 valence electrons. The van der Waals surface area contributed by atoms with Crippen LogP contribution in [0.25, 0.3) is 0 Å². The molecule has 6 nitrogen and oxygen atoms in total. The van der Waals surface area contributed by atoms with Crippen molar-refractivity contribution >= 4 is 40.1 Å². The molecular formula is C31H40N4O2S. The molecule has 1 saturated heterocycles. The zero-order valence-electron chi connectivity index (χ0n) is 22.7. The van der Waals surface area contributed by atoms with Crippen molar-refractivity contribution in [3.05, 3.63) is 71.4 Å². The second-order valence-electron chi connectivity index (χ2n) is 10.1. The lowest BCUT2D eigenvalue weighted by atomic mass is 9.93. The van der Waals surface area contributed by atoms with Crippen molar-refractivity contribution in [3.8, 4) is 0 Å². The summed E-state index contributed by atoms with van der Waals surface area (Å²) in [5.74, 6) is 0.921. The summed E-state index contributed by atoms with van der Waals surface area (Å²) in [5.41, 5.74) is 3.88. The van der Waals surface area contributed by atoms with Crippen molar-refractivity contribution in [2.24, 2.45) is 4.99 Å². The summed E-state index contributed by atoms with van der Waals surface area (Å²) in [5, 5.41) is 7.11. The van der Waals surface area contributed by atoms with Crippen molar-refractivity contribution in [2.45, 2.75) is 77.7 Å². The van der Waals surface area contributed by atoms with E-state index in [-0.39, 0.29) is 17.9 Å². The van der Waals surface area contributed by atoms with Gasteiger partial charge in [0, 0.05) is 30.1 Å². The van der Waals surface area contributed by atoms with Crippen LogP contribution in [0, 0.1) is 0 Å². The number of para-hydroxylation sites is 1. The van der Waals surface area contributed by atoms with Gasteiger partial charge in [0.25, 0.3) is 5.91 Å². The molecule has 0 radical (unpaired) electrons. The van der Waals surface area contributed by atoms with Gasteiger partial charge in [0.1, 0.15) is 0 Å². The van der Waals surface area contributed by atoms with Gasteiger partial charge in [-0.1, -0.05) is 87.5 Å². The number of thioether (sulfide) groups is 1. The van der Waals surface area contributed by atoms with Gasteiger partial charge in [0.15, 0.2) is 5.17 Å². The van der Waals surface area contributed by atoms with Gasteiger partial charge in [0.05, 0.1) is 17.3 Å². The van der Waals surface area contributed by atoms with Crippen LogP contribution in [0.1, 0.15) is 83.2 Å². The molecule has 0 spiro atoms. The van der Waals surface area contributed by atoms with Crippen LogP contribution in [0.4, 0.5) is 11.4 Å². The third-order valence-electron chi connectivity index (χ3n) is 7.03. The lowest BCUT2D eigenvalue weighted by Crippen LogP contribution is -2.43. The van der Waals surface area contributed by atoms with E-state index < -0.39 is 0 Å². The molecule has 0 aromatic heterocycles. The number of nitrogens with one attached hydrogen (secondary N) is 2. The van der Waals surface area contributed by atoms with E-state index in [4.69, 9.17) is 4.99 Å². The van der Waals surface area contributed by atoms with Crippen LogP contribution in [0.15, 0.2) is 70.9 Å². The fraction of sp³-hybridized carbons (Fsp3) is 0.452. The highest BCUT2D eigenvalue weighted by Crippen LogP contribution is 2.40. The maximum atomic E-state index is 13.6. The topological polar surface area (TPSA) is 73.8 Å². The van der Waals surface area contributed by atoms with Gasteiger partial charge in [0.2, 0.25) is 5.91 Å². The van der Waals surface area contributed by atoms with Crippen molar-refractivity contribution in [1.29, 1.82) is 0 Å². The van der Waals surface area contributed by atoms with E-state index in [9.17, 15) is 9.59 Å². The smallest absolute Gasteiger partial charge is 0.255 e. The third-order valence-corrected chi connectivity index (χ3v) is 8.11. The first-order chi connectivity index (χ1) is 18.6. The molecule has 7 heteroatoms. The molecule has 4 rings (SSSR count). The van der Waals surface area contributed by atoms with E-state index in [0.29, 0.717) is 12.0 Å². The van der Waals surface area contributed by atoms with Crippen LogP contribution in [0.2, 0.25) is 0 Å². The minimum absolute atomic E-state index is 0.0453. The molecule has 38 heavy (non-hydrogen) atoms. The Morgan fingerprint density at radius 3 is 2.47 bits per heavy atom. The average Bonchev–Trinajstić information content (AvgIpc) is 2.92. The van der Waals surface area contributed by atoms with Crippen LogP contribution >= 0.6 is 11.8 Å².